The van der Waals surface area contributed by atoms with Gasteiger partial charge in [-0.05, 0) is 38.0 Å². The maximum Gasteiger partial charge on any atom is 0.223 e. The predicted octanol–water partition coefficient (Wildman–Crippen LogP) is 1.57. The van der Waals surface area contributed by atoms with Gasteiger partial charge in [-0.25, -0.2) is 0 Å². The normalized spacial score (nSPS) is 22.2. The van der Waals surface area contributed by atoms with Crippen molar-refractivity contribution in [3.63, 3.8) is 0 Å². The van der Waals surface area contributed by atoms with Crippen LogP contribution in [0.15, 0.2) is 0 Å². The molecule has 0 aliphatic carbocycles. The summed E-state index contributed by atoms with van der Waals surface area (Å²) >= 11 is 0. The minimum absolute atomic E-state index is 0.0626. The highest BCUT2D eigenvalue weighted by Crippen LogP contribution is 2.23. The molecule has 1 fully saturated rings. The van der Waals surface area contributed by atoms with E-state index in [1.54, 1.807) is 6.92 Å². The summed E-state index contributed by atoms with van der Waals surface area (Å²) in [6.45, 7) is 8.04. The highest BCUT2D eigenvalue weighted by Gasteiger charge is 2.25. The van der Waals surface area contributed by atoms with Crippen LogP contribution < -0.4 is 5.32 Å². The van der Waals surface area contributed by atoms with Gasteiger partial charge in [0.1, 0.15) is 0 Å². The Morgan fingerprint density at radius 2 is 1.94 bits per heavy atom. The van der Waals surface area contributed by atoms with Crippen LogP contribution in [-0.4, -0.2) is 36.9 Å². The first-order valence-corrected chi connectivity index (χ1v) is 7.04. The zero-order chi connectivity index (χ0) is 13.5. The van der Waals surface area contributed by atoms with Crippen LogP contribution in [-0.2, 0) is 9.53 Å². The third-order valence-electron chi connectivity index (χ3n) is 3.75. The number of hydrogen-bond acceptors (Lipinski definition) is 3. The van der Waals surface area contributed by atoms with Gasteiger partial charge in [-0.1, -0.05) is 13.8 Å². The highest BCUT2D eigenvalue weighted by molar-refractivity contribution is 5.78. The van der Waals surface area contributed by atoms with Crippen molar-refractivity contribution in [2.24, 2.45) is 17.8 Å². The largest absolute Gasteiger partial charge is 0.393 e. The second-order valence-corrected chi connectivity index (χ2v) is 5.67. The second kappa shape index (κ2) is 7.74. The van der Waals surface area contributed by atoms with Gasteiger partial charge in [0.15, 0.2) is 0 Å². The molecule has 0 aromatic rings. The molecule has 1 aliphatic rings. The van der Waals surface area contributed by atoms with Gasteiger partial charge in [-0.15, -0.1) is 0 Å². The van der Waals surface area contributed by atoms with Crippen molar-refractivity contribution in [3.05, 3.63) is 0 Å². The summed E-state index contributed by atoms with van der Waals surface area (Å²) in [6, 6.07) is 0. The van der Waals surface area contributed by atoms with Crippen molar-refractivity contribution in [3.8, 4) is 0 Å². The van der Waals surface area contributed by atoms with E-state index >= 15 is 0 Å². The molecule has 0 bridgehead atoms. The van der Waals surface area contributed by atoms with E-state index in [2.05, 4.69) is 5.32 Å². The average Bonchev–Trinajstić information content (AvgIpc) is 2.35. The summed E-state index contributed by atoms with van der Waals surface area (Å²) in [5.41, 5.74) is 0. The van der Waals surface area contributed by atoms with Crippen LogP contribution in [0.1, 0.15) is 40.0 Å². The third kappa shape index (κ3) is 5.36. The van der Waals surface area contributed by atoms with Gasteiger partial charge in [0.05, 0.1) is 6.10 Å². The number of carbonyl (C=O) groups excluding carboxylic acids is 1. The second-order valence-electron chi connectivity index (χ2n) is 5.67. The molecule has 4 heteroatoms. The Labute approximate surface area is 110 Å². The Kier molecular flexibility index (Phi) is 6.65. The molecule has 0 radical (unpaired) electrons. The number of ether oxygens (including phenoxy) is 1. The molecule has 1 saturated heterocycles. The van der Waals surface area contributed by atoms with Gasteiger partial charge in [0.25, 0.3) is 0 Å². The Bertz CT molecular complexity index is 249. The molecule has 0 saturated carbocycles. The fraction of sp³-hybridized carbons (Fsp3) is 0.929. The zero-order valence-corrected chi connectivity index (χ0v) is 11.8. The van der Waals surface area contributed by atoms with E-state index < -0.39 is 0 Å². The molecule has 0 aromatic heterocycles. The summed E-state index contributed by atoms with van der Waals surface area (Å²) in [5.74, 6) is 0.966. The molecular formula is C14H27NO3. The van der Waals surface area contributed by atoms with Crippen molar-refractivity contribution in [1.82, 2.24) is 5.32 Å². The summed E-state index contributed by atoms with van der Waals surface area (Å²) in [4.78, 5) is 12.0. The number of aliphatic hydroxyl groups excluding tert-OH is 1. The van der Waals surface area contributed by atoms with Crippen LogP contribution in [0.25, 0.3) is 0 Å². The van der Waals surface area contributed by atoms with Crippen LogP contribution in [0.2, 0.25) is 0 Å². The first kappa shape index (κ1) is 15.4. The lowest BCUT2D eigenvalue weighted by Gasteiger charge is -2.27. The van der Waals surface area contributed by atoms with Crippen LogP contribution in [0.5, 0.6) is 0 Å². The van der Waals surface area contributed by atoms with E-state index in [1.807, 2.05) is 13.8 Å². The SMILES string of the molecule is CC(O)CC(C)CNC(=O)C(C)C1CCOCC1. The molecule has 3 atom stereocenters. The number of amides is 1. The van der Waals surface area contributed by atoms with Crippen LogP contribution >= 0.6 is 0 Å². The standard InChI is InChI=1S/C14H27NO3/c1-10(8-11(2)16)9-15-14(17)12(3)13-4-6-18-7-5-13/h10-13,16H,4-9H2,1-3H3,(H,15,17). The van der Waals surface area contributed by atoms with Gasteiger partial charge in [-0.3, -0.25) is 4.79 Å². The van der Waals surface area contributed by atoms with Crippen LogP contribution in [0.3, 0.4) is 0 Å². The molecule has 1 aliphatic heterocycles. The highest BCUT2D eigenvalue weighted by atomic mass is 16.5. The Morgan fingerprint density at radius 1 is 1.33 bits per heavy atom. The van der Waals surface area contributed by atoms with Gasteiger partial charge in [-0.2, -0.15) is 0 Å². The van der Waals surface area contributed by atoms with Crippen molar-refractivity contribution in [2.75, 3.05) is 19.8 Å². The van der Waals surface area contributed by atoms with Crippen molar-refractivity contribution in [2.45, 2.75) is 46.1 Å². The lowest BCUT2D eigenvalue weighted by molar-refractivity contribution is -0.127. The molecule has 2 N–H and O–H groups in total. The topological polar surface area (TPSA) is 58.6 Å². The summed E-state index contributed by atoms with van der Waals surface area (Å²) < 4.78 is 5.31. The first-order valence-electron chi connectivity index (χ1n) is 7.04. The van der Waals surface area contributed by atoms with E-state index in [4.69, 9.17) is 4.74 Å². The van der Waals surface area contributed by atoms with E-state index in [0.29, 0.717) is 18.4 Å². The fourth-order valence-electron chi connectivity index (χ4n) is 2.53. The predicted molar refractivity (Wildman–Crippen MR) is 71.2 cm³/mol. The average molecular weight is 257 g/mol. The smallest absolute Gasteiger partial charge is 0.223 e. The van der Waals surface area contributed by atoms with Gasteiger partial charge in [0.2, 0.25) is 5.91 Å². The molecule has 4 nitrogen and oxygen atoms in total. The van der Waals surface area contributed by atoms with Crippen molar-refractivity contribution >= 4 is 5.91 Å². The van der Waals surface area contributed by atoms with Crippen LogP contribution in [0.4, 0.5) is 0 Å². The summed E-state index contributed by atoms with van der Waals surface area (Å²) in [7, 11) is 0. The molecule has 0 aromatic carbocycles. The lowest BCUT2D eigenvalue weighted by Crippen LogP contribution is -2.37. The molecule has 106 valence electrons. The van der Waals surface area contributed by atoms with E-state index in [9.17, 15) is 9.90 Å². The van der Waals surface area contributed by atoms with Gasteiger partial charge >= 0.3 is 0 Å². The third-order valence-corrected chi connectivity index (χ3v) is 3.75. The molecule has 1 heterocycles. The van der Waals surface area contributed by atoms with E-state index in [1.165, 1.54) is 0 Å². The Hall–Kier alpha value is -0.610. The number of rotatable bonds is 6. The fourth-order valence-corrected chi connectivity index (χ4v) is 2.53. The quantitative estimate of drug-likeness (QED) is 0.759. The molecule has 0 spiro atoms. The molecule has 18 heavy (non-hydrogen) atoms. The number of carbonyl (C=O) groups is 1. The molecule has 1 amide bonds. The Balaban J connectivity index is 2.26. The maximum absolute atomic E-state index is 12.0. The van der Waals surface area contributed by atoms with Crippen molar-refractivity contribution in [1.29, 1.82) is 0 Å². The van der Waals surface area contributed by atoms with Gasteiger partial charge < -0.3 is 15.2 Å². The molecular weight excluding hydrogens is 230 g/mol. The number of nitrogens with one attached hydrogen (secondary N) is 1. The number of aliphatic hydroxyl groups is 1. The van der Waals surface area contributed by atoms with E-state index in [-0.39, 0.29) is 17.9 Å². The monoisotopic (exact) mass is 257 g/mol. The molecule has 1 rings (SSSR count). The van der Waals surface area contributed by atoms with Crippen molar-refractivity contribution < 1.29 is 14.6 Å². The van der Waals surface area contributed by atoms with Crippen LogP contribution in [0, 0.1) is 17.8 Å². The Morgan fingerprint density at radius 3 is 2.50 bits per heavy atom. The lowest BCUT2D eigenvalue weighted by atomic mass is 9.86. The minimum atomic E-state index is -0.301. The number of hydrogen-bond donors (Lipinski definition) is 2. The first-order chi connectivity index (χ1) is 8.50. The molecule has 3 unspecified atom stereocenters. The zero-order valence-electron chi connectivity index (χ0n) is 11.8. The van der Waals surface area contributed by atoms with E-state index in [0.717, 1.165) is 32.5 Å². The van der Waals surface area contributed by atoms with Gasteiger partial charge in [0, 0.05) is 25.7 Å². The minimum Gasteiger partial charge on any atom is -0.393 e. The summed E-state index contributed by atoms with van der Waals surface area (Å²) in [6.07, 6.45) is 2.39. The maximum atomic E-state index is 12.0. The summed E-state index contributed by atoms with van der Waals surface area (Å²) in [5, 5.41) is 12.3.